The zero-order chi connectivity index (χ0) is 17.9. The molecule has 1 aliphatic heterocycles. The molecule has 0 aromatic heterocycles. The van der Waals surface area contributed by atoms with Crippen molar-refractivity contribution in [3.8, 4) is 5.75 Å². The molecular formula is C14H11F4NO4S. The molecule has 1 fully saturated rings. The summed E-state index contributed by atoms with van der Waals surface area (Å²) in [5, 5.41) is 5.03. The minimum atomic E-state index is -5.26. The number of halogens is 4. The van der Waals surface area contributed by atoms with Crippen molar-refractivity contribution in [2.24, 2.45) is 0 Å². The summed E-state index contributed by atoms with van der Waals surface area (Å²) < 4.78 is 83.0. The molecule has 0 spiro atoms. The highest BCUT2D eigenvalue weighted by Crippen LogP contribution is 2.53. The zero-order valence-corrected chi connectivity index (χ0v) is 12.8. The number of aliphatic hydroxyl groups excluding tert-OH is 1. The summed E-state index contributed by atoms with van der Waals surface area (Å²) in [5.41, 5.74) is -2.94. The molecule has 130 valence electrons. The molecule has 1 saturated carbocycles. The molecule has 1 heterocycles. The molecule has 0 amide bonds. The van der Waals surface area contributed by atoms with Gasteiger partial charge >= 0.3 is 5.25 Å². The van der Waals surface area contributed by atoms with Crippen LogP contribution in [0.25, 0.3) is 4.85 Å². The van der Waals surface area contributed by atoms with Crippen molar-refractivity contribution < 1.29 is 35.8 Å². The highest BCUT2D eigenvalue weighted by atomic mass is 32.2. The van der Waals surface area contributed by atoms with E-state index >= 15 is 0 Å². The van der Waals surface area contributed by atoms with Gasteiger partial charge in [0.25, 0.3) is 12.0 Å². The lowest BCUT2D eigenvalue weighted by molar-refractivity contribution is -0.0392. The van der Waals surface area contributed by atoms with Gasteiger partial charge < -0.3 is 14.7 Å². The van der Waals surface area contributed by atoms with Gasteiger partial charge in [-0.3, -0.25) is 0 Å². The molecule has 2 aliphatic rings. The molecule has 1 unspecified atom stereocenters. The van der Waals surface area contributed by atoms with Crippen LogP contribution < -0.4 is 4.74 Å². The molecule has 1 aromatic rings. The van der Waals surface area contributed by atoms with Crippen LogP contribution in [0.15, 0.2) is 17.0 Å². The van der Waals surface area contributed by atoms with Gasteiger partial charge in [0.15, 0.2) is 12.7 Å². The molecule has 3 rings (SSSR count). The van der Waals surface area contributed by atoms with E-state index in [-0.39, 0.29) is 6.61 Å². The minimum Gasteiger partial charge on any atom is -0.485 e. The minimum absolute atomic E-state index is 0.214. The Morgan fingerprint density at radius 2 is 2.00 bits per heavy atom. The normalized spacial score (nSPS) is 25.1. The predicted octanol–water partition coefficient (Wildman–Crippen LogP) is 2.87. The molecule has 1 aliphatic carbocycles. The Hall–Kier alpha value is -1.86. The van der Waals surface area contributed by atoms with Gasteiger partial charge in [0.05, 0.1) is 10.5 Å². The Balaban J connectivity index is 2.10. The van der Waals surface area contributed by atoms with E-state index in [1.165, 1.54) is 0 Å². The molecular weight excluding hydrogens is 354 g/mol. The summed E-state index contributed by atoms with van der Waals surface area (Å²) in [5.74, 6) is -0.509. The monoisotopic (exact) mass is 365 g/mol. The van der Waals surface area contributed by atoms with E-state index in [4.69, 9.17) is 11.3 Å². The van der Waals surface area contributed by atoms with E-state index in [1.54, 1.807) is 0 Å². The predicted molar refractivity (Wildman–Crippen MR) is 72.6 cm³/mol. The fraction of sp³-hybridized carbons (Fsp3) is 0.500. The van der Waals surface area contributed by atoms with Crippen molar-refractivity contribution in [2.45, 2.75) is 41.1 Å². The average molecular weight is 365 g/mol. The highest BCUT2D eigenvalue weighted by molar-refractivity contribution is 7.92. The summed E-state index contributed by atoms with van der Waals surface area (Å²) in [7, 11) is -5.26. The Labute approximate surface area is 134 Å². The first-order valence-electron chi connectivity index (χ1n) is 6.84. The van der Waals surface area contributed by atoms with Gasteiger partial charge in [-0.15, -0.1) is 0 Å². The topological polar surface area (TPSA) is 68.0 Å². The number of ether oxygens (including phenoxy) is 1. The van der Waals surface area contributed by atoms with Crippen LogP contribution >= 0.6 is 0 Å². The Morgan fingerprint density at radius 3 is 2.50 bits per heavy atom. The van der Waals surface area contributed by atoms with E-state index in [2.05, 4.69) is 4.85 Å². The number of benzene rings is 1. The maximum Gasteiger partial charge on any atom is 0.379 e. The van der Waals surface area contributed by atoms with E-state index in [1.807, 2.05) is 0 Å². The van der Waals surface area contributed by atoms with Crippen LogP contribution in [0.4, 0.5) is 17.6 Å². The van der Waals surface area contributed by atoms with Crippen molar-refractivity contribution in [2.75, 3.05) is 6.61 Å². The van der Waals surface area contributed by atoms with Gasteiger partial charge in [0, 0.05) is 18.4 Å². The largest absolute Gasteiger partial charge is 0.485 e. The van der Waals surface area contributed by atoms with Crippen molar-refractivity contribution in [3.05, 3.63) is 34.7 Å². The third-order valence-corrected chi connectivity index (χ3v) is 6.10. The van der Waals surface area contributed by atoms with Crippen LogP contribution in [-0.2, 0) is 9.84 Å². The molecule has 0 saturated heterocycles. The van der Waals surface area contributed by atoms with Gasteiger partial charge in [-0.25, -0.2) is 23.8 Å². The van der Waals surface area contributed by atoms with Gasteiger partial charge in [0.2, 0.25) is 9.84 Å². The first kappa shape index (κ1) is 17.0. The molecule has 24 heavy (non-hydrogen) atoms. The van der Waals surface area contributed by atoms with E-state index in [0.29, 0.717) is 18.9 Å². The van der Waals surface area contributed by atoms with Crippen LogP contribution in [0.2, 0.25) is 0 Å². The van der Waals surface area contributed by atoms with Crippen LogP contribution in [0.1, 0.15) is 36.5 Å². The van der Waals surface area contributed by atoms with Crippen LogP contribution in [0.3, 0.4) is 0 Å². The van der Waals surface area contributed by atoms with E-state index < -0.39 is 54.9 Å². The van der Waals surface area contributed by atoms with E-state index in [0.717, 1.165) is 6.07 Å². The summed E-state index contributed by atoms with van der Waals surface area (Å²) in [4.78, 5) is 2.29. The van der Waals surface area contributed by atoms with Crippen LogP contribution in [-0.4, -0.2) is 30.9 Å². The van der Waals surface area contributed by atoms with Crippen LogP contribution in [0.5, 0.6) is 5.75 Å². The first-order chi connectivity index (χ1) is 11.1. The molecule has 1 N–H and O–H groups in total. The zero-order valence-electron chi connectivity index (χ0n) is 12.0. The van der Waals surface area contributed by atoms with Crippen molar-refractivity contribution >= 4 is 9.84 Å². The van der Waals surface area contributed by atoms with Gasteiger partial charge in [-0.2, -0.15) is 8.78 Å². The van der Waals surface area contributed by atoms with Crippen LogP contribution in [0, 0.1) is 6.57 Å². The quantitative estimate of drug-likeness (QED) is 0.658. The standard InChI is InChI=1S/C14H11F4NO4S/c1-19-13(4-5-13)6-23-7-2-3-8-10(9(7)12(15)16)11(20)14(17,18)24(8,21)22/h2-3,11-12,20H,4-6H2. The lowest BCUT2D eigenvalue weighted by Crippen LogP contribution is -2.28. The summed E-state index contributed by atoms with van der Waals surface area (Å²) in [6.45, 7) is 6.80. The third-order valence-electron chi connectivity index (χ3n) is 4.23. The summed E-state index contributed by atoms with van der Waals surface area (Å²) in [6.07, 6.45) is -5.18. The second kappa shape index (κ2) is 5.07. The number of hydrogen-bond acceptors (Lipinski definition) is 4. The Kier molecular flexibility index (Phi) is 3.58. The number of nitrogens with zero attached hydrogens (tertiary/aromatic N) is 1. The molecule has 1 atom stereocenters. The number of sulfone groups is 1. The van der Waals surface area contributed by atoms with Gasteiger partial charge in [0.1, 0.15) is 5.75 Å². The average Bonchev–Trinajstić information content (AvgIpc) is 3.28. The maximum absolute atomic E-state index is 13.8. The SMILES string of the molecule is [C-]#[N+]C1(COc2ccc3c(c2C(F)F)C(O)C(F)(F)S3(=O)=O)CC1. The second-order valence-corrected chi connectivity index (χ2v) is 7.77. The van der Waals surface area contributed by atoms with Gasteiger partial charge in [-0.1, -0.05) is 0 Å². The van der Waals surface area contributed by atoms with Gasteiger partial charge in [-0.05, 0) is 12.1 Å². The first-order valence-corrected chi connectivity index (χ1v) is 8.32. The lowest BCUT2D eigenvalue weighted by Gasteiger charge is -2.17. The van der Waals surface area contributed by atoms with Crippen molar-refractivity contribution in [3.63, 3.8) is 0 Å². The molecule has 10 heteroatoms. The molecule has 0 radical (unpaired) electrons. The smallest absolute Gasteiger partial charge is 0.379 e. The number of rotatable bonds is 4. The molecule has 0 bridgehead atoms. The maximum atomic E-state index is 13.8. The number of aliphatic hydroxyl groups is 1. The Morgan fingerprint density at radius 1 is 1.38 bits per heavy atom. The second-order valence-electron chi connectivity index (χ2n) is 5.78. The van der Waals surface area contributed by atoms with Crippen molar-refractivity contribution in [1.29, 1.82) is 0 Å². The Bertz CT molecular complexity index is 843. The summed E-state index contributed by atoms with van der Waals surface area (Å²) >= 11 is 0. The number of alkyl halides is 4. The fourth-order valence-corrected chi connectivity index (χ4v) is 4.03. The van der Waals surface area contributed by atoms with E-state index in [9.17, 15) is 31.1 Å². The highest BCUT2D eigenvalue weighted by Gasteiger charge is 2.62. The lowest BCUT2D eigenvalue weighted by atomic mass is 10.0. The molecule has 1 aromatic carbocycles. The third kappa shape index (κ3) is 2.18. The fourth-order valence-electron chi connectivity index (χ4n) is 2.57. The van der Waals surface area contributed by atoms with Crippen molar-refractivity contribution in [1.82, 2.24) is 0 Å². The summed E-state index contributed by atoms with van der Waals surface area (Å²) in [6, 6.07) is 1.57. The number of fused-ring (bicyclic) bond motifs is 1. The molecule has 5 nitrogen and oxygen atoms in total. The number of hydrogen-bond donors (Lipinski definition) is 1.